The van der Waals surface area contributed by atoms with E-state index in [0.29, 0.717) is 5.69 Å². The van der Waals surface area contributed by atoms with Crippen molar-refractivity contribution >= 4 is 28.1 Å². The van der Waals surface area contributed by atoms with Crippen LogP contribution in [0.5, 0.6) is 0 Å². The van der Waals surface area contributed by atoms with E-state index < -0.39 is 10.0 Å². The summed E-state index contributed by atoms with van der Waals surface area (Å²) < 4.78 is 25.6. The molecule has 1 aromatic rings. The lowest BCUT2D eigenvalue weighted by Crippen LogP contribution is -2.26. The van der Waals surface area contributed by atoms with Gasteiger partial charge in [0.2, 0.25) is 10.0 Å². The third-order valence-electron chi connectivity index (χ3n) is 2.75. The zero-order valence-electron chi connectivity index (χ0n) is 10.7. The van der Waals surface area contributed by atoms with Crippen molar-refractivity contribution in [3.8, 4) is 0 Å². The summed E-state index contributed by atoms with van der Waals surface area (Å²) in [5.41, 5.74) is 7.39. The van der Waals surface area contributed by atoms with E-state index >= 15 is 0 Å². The molecule has 1 unspecified atom stereocenters. The molecule has 0 aliphatic heterocycles. The van der Waals surface area contributed by atoms with Gasteiger partial charge in [0, 0.05) is 5.69 Å². The van der Waals surface area contributed by atoms with Gasteiger partial charge in [0.1, 0.15) is 0 Å². The largest absolute Gasteiger partial charge is 0.399 e. The average Bonchev–Trinajstić information content (AvgIpc) is 2.28. The molecular weight excluding hydrogens is 272 g/mol. The monoisotopic (exact) mass is 292 g/mol. The van der Waals surface area contributed by atoms with Crippen LogP contribution in [0.1, 0.15) is 31.2 Å². The molecule has 0 aliphatic carbocycles. The Labute approximate surface area is 115 Å². The molecule has 0 amide bonds. The Hall–Kier alpha value is -0.780. The van der Waals surface area contributed by atoms with Crippen LogP contribution < -0.4 is 10.5 Å². The summed E-state index contributed by atoms with van der Waals surface area (Å²) in [6.45, 7) is 2.05. The molecule has 0 aromatic heterocycles. The highest BCUT2D eigenvalue weighted by Crippen LogP contribution is 2.24. The molecule has 104 valence electrons. The van der Waals surface area contributed by atoms with Gasteiger partial charge in [-0.15, -0.1) is 12.4 Å². The summed E-state index contributed by atoms with van der Waals surface area (Å²) in [4.78, 5) is 0. The van der Waals surface area contributed by atoms with Crippen LogP contribution in [0.4, 0.5) is 5.69 Å². The molecule has 0 fully saturated rings. The Morgan fingerprint density at radius 1 is 1.39 bits per heavy atom. The SMILES string of the molecule is CCCC(CS(=O)(=O)NC)c1cccc(N)c1.Cl. The Morgan fingerprint density at radius 3 is 2.56 bits per heavy atom. The number of halogens is 1. The van der Waals surface area contributed by atoms with Crippen LogP contribution in [0.25, 0.3) is 0 Å². The molecule has 0 heterocycles. The van der Waals surface area contributed by atoms with Crippen molar-refractivity contribution in [1.82, 2.24) is 4.72 Å². The molecule has 1 rings (SSSR count). The minimum Gasteiger partial charge on any atom is -0.399 e. The van der Waals surface area contributed by atoms with Crippen LogP contribution in [0.2, 0.25) is 0 Å². The van der Waals surface area contributed by atoms with Gasteiger partial charge in [-0.3, -0.25) is 0 Å². The van der Waals surface area contributed by atoms with E-state index in [9.17, 15) is 8.42 Å². The van der Waals surface area contributed by atoms with Gasteiger partial charge in [0.25, 0.3) is 0 Å². The lowest BCUT2D eigenvalue weighted by Gasteiger charge is -2.16. The van der Waals surface area contributed by atoms with Crippen molar-refractivity contribution in [1.29, 1.82) is 0 Å². The molecule has 4 nitrogen and oxygen atoms in total. The minimum atomic E-state index is -3.19. The molecule has 0 spiro atoms. The lowest BCUT2D eigenvalue weighted by atomic mass is 9.96. The first kappa shape index (κ1) is 17.2. The third-order valence-corrected chi connectivity index (χ3v) is 4.21. The fourth-order valence-corrected chi connectivity index (χ4v) is 2.91. The van der Waals surface area contributed by atoms with E-state index in [2.05, 4.69) is 4.72 Å². The predicted molar refractivity (Wildman–Crippen MR) is 78.6 cm³/mol. The van der Waals surface area contributed by atoms with Crippen molar-refractivity contribution in [3.05, 3.63) is 29.8 Å². The van der Waals surface area contributed by atoms with Crippen molar-refractivity contribution in [3.63, 3.8) is 0 Å². The summed E-state index contributed by atoms with van der Waals surface area (Å²) in [5, 5.41) is 0. The number of rotatable bonds is 6. The molecule has 0 bridgehead atoms. The van der Waals surface area contributed by atoms with Gasteiger partial charge < -0.3 is 5.73 Å². The number of sulfonamides is 1. The van der Waals surface area contributed by atoms with E-state index in [1.165, 1.54) is 7.05 Å². The average molecular weight is 293 g/mol. The topological polar surface area (TPSA) is 72.2 Å². The Morgan fingerprint density at radius 2 is 2.06 bits per heavy atom. The van der Waals surface area contributed by atoms with Crippen molar-refractivity contribution < 1.29 is 8.42 Å². The standard InChI is InChI=1S/C12H20N2O2S.ClH/c1-3-5-11(9-17(15,16)14-2)10-6-4-7-12(13)8-10;/h4,6-8,11,14H,3,5,9,13H2,1-2H3;1H. The smallest absolute Gasteiger partial charge is 0.211 e. The maximum Gasteiger partial charge on any atom is 0.211 e. The summed E-state index contributed by atoms with van der Waals surface area (Å²) in [7, 11) is -1.75. The van der Waals surface area contributed by atoms with Gasteiger partial charge in [-0.05, 0) is 37.1 Å². The van der Waals surface area contributed by atoms with E-state index in [0.717, 1.165) is 18.4 Å². The maximum absolute atomic E-state index is 11.6. The summed E-state index contributed by atoms with van der Waals surface area (Å²) in [6.07, 6.45) is 1.78. The molecule has 3 N–H and O–H groups in total. The maximum atomic E-state index is 11.6. The van der Waals surface area contributed by atoms with Gasteiger partial charge in [-0.2, -0.15) is 0 Å². The van der Waals surface area contributed by atoms with E-state index in [1.54, 1.807) is 6.07 Å². The van der Waals surface area contributed by atoms with Gasteiger partial charge in [0.05, 0.1) is 5.75 Å². The van der Waals surface area contributed by atoms with Gasteiger partial charge >= 0.3 is 0 Å². The van der Waals surface area contributed by atoms with Crippen LogP contribution in [0.3, 0.4) is 0 Å². The molecular formula is C12H21ClN2O2S. The fraction of sp³-hybridized carbons (Fsp3) is 0.500. The lowest BCUT2D eigenvalue weighted by molar-refractivity contribution is 0.571. The molecule has 0 radical (unpaired) electrons. The molecule has 1 aromatic carbocycles. The number of hydrogen-bond acceptors (Lipinski definition) is 3. The van der Waals surface area contributed by atoms with Crippen LogP contribution in [0.15, 0.2) is 24.3 Å². The number of anilines is 1. The number of nitrogens with one attached hydrogen (secondary N) is 1. The highest BCUT2D eigenvalue weighted by molar-refractivity contribution is 7.89. The zero-order chi connectivity index (χ0) is 12.9. The Kier molecular flexibility index (Phi) is 7.28. The first-order valence-electron chi connectivity index (χ1n) is 5.75. The molecule has 1 atom stereocenters. The summed E-state index contributed by atoms with van der Waals surface area (Å²) >= 11 is 0. The predicted octanol–water partition coefficient (Wildman–Crippen LogP) is 2.12. The van der Waals surface area contributed by atoms with Crippen LogP contribution in [-0.2, 0) is 10.0 Å². The van der Waals surface area contributed by atoms with Crippen molar-refractivity contribution in [2.75, 3.05) is 18.5 Å². The highest BCUT2D eigenvalue weighted by atomic mass is 35.5. The van der Waals surface area contributed by atoms with Gasteiger partial charge in [0.15, 0.2) is 0 Å². The number of hydrogen-bond donors (Lipinski definition) is 2. The third kappa shape index (κ3) is 5.25. The normalized spacial score (nSPS) is 12.8. The van der Waals surface area contributed by atoms with Crippen LogP contribution >= 0.6 is 12.4 Å². The molecule has 6 heteroatoms. The zero-order valence-corrected chi connectivity index (χ0v) is 12.4. The number of benzene rings is 1. The minimum absolute atomic E-state index is 0. The second kappa shape index (κ2) is 7.61. The summed E-state index contributed by atoms with van der Waals surface area (Å²) in [5.74, 6) is 0.113. The molecule has 0 saturated carbocycles. The van der Waals surface area contributed by atoms with E-state index in [1.807, 2.05) is 25.1 Å². The second-order valence-corrected chi connectivity index (χ2v) is 6.11. The van der Waals surface area contributed by atoms with Gasteiger partial charge in [-0.25, -0.2) is 13.1 Å². The Bertz CT molecular complexity index is 463. The molecule has 18 heavy (non-hydrogen) atoms. The quantitative estimate of drug-likeness (QED) is 0.789. The highest BCUT2D eigenvalue weighted by Gasteiger charge is 2.18. The molecule has 0 aliphatic rings. The van der Waals surface area contributed by atoms with Crippen LogP contribution in [0, 0.1) is 0 Å². The van der Waals surface area contributed by atoms with Crippen LogP contribution in [-0.4, -0.2) is 21.2 Å². The van der Waals surface area contributed by atoms with E-state index in [4.69, 9.17) is 5.73 Å². The first-order valence-corrected chi connectivity index (χ1v) is 7.40. The Balaban J connectivity index is 0.00000289. The molecule has 0 saturated heterocycles. The first-order chi connectivity index (χ1) is 7.98. The van der Waals surface area contributed by atoms with E-state index in [-0.39, 0.29) is 24.1 Å². The second-order valence-electron chi connectivity index (χ2n) is 4.14. The van der Waals surface area contributed by atoms with Crippen molar-refractivity contribution in [2.24, 2.45) is 0 Å². The van der Waals surface area contributed by atoms with Crippen molar-refractivity contribution in [2.45, 2.75) is 25.7 Å². The summed E-state index contributed by atoms with van der Waals surface area (Å²) in [6, 6.07) is 7.45. The fourth-order valence-electron chi connectivity index (χ4n) is 1.86. The number of nitrogen functional groups attached to an aromatic ring is 1. The number of nitrogens with two attached hydrogens (primary N) is 1. The van der Waals surface area contributed by atoms with Gasteiger partial charge in [-0.1, -0.05) is 25.5 Å².